The number of hydrogen-bond donors (Lipinski definition) is 3. The Balaban J connectivity index is 2.44. The van der Waals surface area contributed by atoms with Gasteiger partial charge in [-0.15, -0.1) is 0 Å². The van der Waals surface area contributed by atoms with Crippen LogP contribution >= 0.6 is 24.2 Å². The Morgan fingerprint density at radius 2 is 1.88 bits per heavy atom. The van der Waals surface area contributed by atoms with E-state index in [4.69, 9.17) is 26.6 Å². The van der Waals surface area contributed by atoms with E-state index in [1.807, 2.05) is 27.7 Å². The Morgan fingerprint density at radius 3 is 2.33 bits per heavy atom. The number of rotatable bonds is 4. The van der Waals surface area contributed by atoms with E-state index in [0.717, 1.165) is 5.47 Å². The van der Waals surface area contributed by atoms with Gasteiger partial charge in [0.1, 0.15) is 0 Å². The number of benzene rings is 1. The summed E-state index contributed by atoms with van der Waals surface area (Å²) in [5, 5.41) is 9.52. The number of carboxylic acids is 1. The van der Waals surface area contributed by atoms with Gasteiger partial charge in [-0.2, -0.15) is 12.6 Å². The van der Waals surface area contributed by atoms with Crippen molar-refractivity contribution in [2.75, 3.05) is 11.5 Å². The molecule has 0 aromatic heterocycles. The highest BCUT2D eigenvalue weighted by Gasteiger charge is 2.52. The Hall–Kier alpha value is -1.15. The summed E-state index contributed by atoms with van der Waals surface area (Å²) in [6.45, 7) is 7.83. The highest BCUT2D eigenvalue weighted by Crippen LogP contribution is 2.39. The molecule has 1 aromatic rings. The van der Waals surface area contributed by atoms with E-state index >= 15 is 0 Å². The molecule has 0 spiro atoms. The van der Waals surface area contributed by atoms with Crippen molar-refractivity contribution in [1.82, 2.24) is 0 Å². The molecule has 1 heterocycles. The molecule has 5 nitrogen and oxygen atoms in total. The van der Waals surface area contributed by atoms with Crippen molar-refractivity contribution >= 4 is 49.1 Å². The lowest BCUT2D eigenvalue weighted by Crippen LogP contribution is -2.41. The maximum Gasteiger partial charge on any atom is 0.491 e. The molecule has 3 N–H and O–H groups in total. The largest absolute Gasteiger partial charge is 0.491 e. The molecular formula is C16H21BClNO4S. The van der Waals surface area contributed by atoms with E-state index in [2.05, 4.69) is 12.6 Å². The number of anilines is 1. The molecule has 0 radical (unpaired) electrons. The summed E-state index contributed by atoms with van der Waals surface area (Å²) in [6.07, 6.45) is 1.72. The van der Waals surface area contributed by atoms with Gasteiger partial charge in [-0.25, -0.2) is 4.79 Å². The van der Waals surface area contributed by atoms with Gasteiger partial charge in [-0.05, 0) is 50.9 Å². The highest BCUT2D eigenvalue weighted by atomic mass is 35.5. The number of carbonyl (C=O) groups is 1. The Kier molecular flexibility index (Phi) is 5.30. The average Bonchev–Trinajstić information content (AvgIpc) is 2.67. The van der Waals surface area contributed by atoms with E-state index in [1.54, 1.807) is 12.1 Å². The monoisotopic (exact) mass is 369 g/mol. The minimum Gasteiger partial charge on any atom is -0.478 e. The molecule has 130 valence electrons. The molecule has 8 heteroatoms. The third-order valence-corrected chi connectivity index (χ3v) is 5.07. The molecule has 1 fully saturated rings. The smallest absolute Gasteiger partial charge is 0.478 e. The molecule has 1 aliphatic rings. The second-order valence-corrected chi connectivity index (χ2v) is 7.48. The number of nitrogen functional groups attached to an aromatic ring is 1. The molecule has 2 rings (SSSR count). The lowest BCUT2D eigenvalue weighted by molar-refractivity contribution is 0.00578. The zero-order valence-corrected chi connectivity index (χ0v) is 15.7. The number of halogens is 1. The van der Waals surface area contributed by atoms with Gasteiger partial charge < -0.3 is 20.1 Å². The first-order valence-electron chi connectivity index (χ1n) is 7.48. The van der Waals surface area contributed by atoms with E-state index < -0.39 is 24.3 Å². The van der Waals surface area contributed by atoms with Crippen LogP contribution in [0.2, 0.25) is 5.02 Å². The fourth-order valence-corrected chi connectivity index (χ4v) is 2.78. The number of aromatic carboxylic acids is 1. The second kappa shape index (κ2) is 6.63. The molecule has 1 aliphatic heterocycles. The van der Waals surface area contributed by atoms with Crippen molar-refractivity contribution < 1.29 is 19.2 Å². The number of hydrogen-bond acceptors (Lipinski definition) is 5. The van der Waals surface area contributed by atoms with Crippen LogP contribution in [-0.2, 0) is 9.31 Å². The predicted molar refractivity (Wildman–Crippen MR) is 101 cm³/mol. The summed E-state index contributed by atoms with van der Waals surface area (Å²) in [5.41, 5.74) is 6.35. The standard InChI is InChI=1S/C16H21BClNO4S/c1-15(2)16(3,4)23-17(22-15)10(8-24)5-9-6-11(18)7-12(13(9)19)14(20)21/h5-7,24H,8,19H2,1-4H3,(H,20,21). The van der Waals surface area contributed by atoms with E-state index in [0.29, 0.717) is 16.3 Å². The third kappa shape index (κ3) is 3.59. The molecule has 1 saturated heterocycles. The number of nitrogens with two attached hydrogens (primary N) is 1. The van der Waals surface area contributed by atoms with Crippen LogP contribution in [0.4, 0.5) is 5.69 Å². The average molecular weight is 370 g/mol. The molecular weight excluding hydrogens is 349 g/mol. The SMILES string of the molecule is CC1(C)OB(C(=Cc2cc(Cl)cc(C(=O)O)c2N)CS)OC1(C)C. The van der Waals surface area contributed by atoms with Gasteiger partial charge in [0.25, 0.3) is 0 Å². The van der Waals surface area contributed by atoms with Gasteiger partial charge in [0.15, 0.2) is 0 Å². The van der Waals surface area contributed by atoms with Gasteiger partial charge in [0, 0.05) is 10.8 Å². The molecule has 0 atom stereocenters. The minimum atomic E-state index is -1.13. The van der Waals surface area contributed by atoms with Crippen molar-refractivity contribution in [2.45, 2.75) is 38.9 Å². The summed E-state index contributed by atoms with van der Waals surface area (Å²) in [5.74, 6) is -0.765. The van der Waals surface area contributed by atoms with Gasteiger partial charge in [0.2, 0.25) is 0 Å². The third-order valence-electron chi connectivity index (χ3n) is 4.49. The van der Waals surface area contributed by atoms with Gasteiger partial charge in [-0.1, -0.05) is 17.7 Å². The Labute approximate surface area is 152 Å². The zero-order chi connectivity index (χ0) is 18.3. The quantitative estimate of drug-likeness (QED) is 0.429. The van der Waals surface area contributed by atoms with Crippen LogP contribution in [0.5, 0.6) is 0 Å². The molecule has 24 heavy (non-hydrogen) atoms. The zero-order valence-electron chi connectivity index (χ0n) is 14.1. The van der Waals surface area contributed by atoms with Crippen molar-refractivity contribution in [3.63, 3.8) is 0 Å². The fraction of sp³-hybridized carbons (Fsp3) is 0.438. The normalized spacial score (nSPS) is 19.6. The second-order valence-electron chi connectivity index (χ2n) is 6.73. The first-order chi connectivity index (χ1) is 11.0. The molecule has 0 unspecified atom stereocenters. The van der Waals surface area contributed by atoms with E-state index in [-0.39, 0.29) is 11.3 Å². The molecule has 0 bridgehead atoms. The molecule has 0 aliphatic carbocycles. The van der Waals surface area contributed by atoms with Gasteiger partial charge >= 0.3 is 13.1 Å². The van der Waals surface area contributed by atoms with Gasteiger partial charge in [0.05, 0.1) is 22.5 Å². The van der Waals surface area contributed by atoms with Crippen molar-refractivity contribution in [2.24, 2.45) is 0 Å². The molecule has 0 amide bonds. The lowest BCUT2D eigenvalue weighted by Gasteiger charge is -2.32. The maximum absolute atomic E-state index is 11.3. The van der Waals surface area contributed by atoms with Crippen molar-refractivity contribution in [3.8, 4) is 0 Å². The van der Waals surface area contributed by atoms with Crippen LogP contribution in [0.25, 0.3) is 6.08 Å². The van der Waals surface area contributed by atoms with Crippen LogP contribution in [0.1, 0.15) is 43.6 Å². The molecule has 0 saturated carbocycles. The van der Waals surface area contributed by atoms with Crippen molar-refractivity contribution in [1.29, 1.82) is 0 Å². The Bertz CT molecular complexity index is 690. The highest BCUT2D eigenvalue weighted by molar-refractivity contribution is 7.80. The number of thiol groups is 1. The number of carboxylic acid groups (broad SMARTS) is 1. The van der Waals surface area contributed by atoms with Gasteiger partial charge in [-0.3, -0.25) is 0 Å². The topological polar surface area (TPSA) is 81.8 Å². The summed E-state index contributed by atoms with van der Waals surface area (Å²) in [6, 6.07) is 2.93. The minimum absolute atomic E-state index is 0.0406. The van der Waals surface area contributed by atoms with Crippen LogP contribution in [0, 0.1) is 0 Å². The van der Waals surface area contributed by atoms with Crippen molar-refractivity contribution in [3.05, 3.63) is 33.8 Å². The predicted octanol–water partition coefficient (Wildman–Crippen LogP) is 3.57. The summed E-state index contributed by atoms with van der Waals surface area (Å²) >= 11 is 10.4. The first kappa shape index (κ1) is 19.2. The van der Waals surface area contributed by atoms with Crippen LogP contribution in [0.15, 0.2) is 17.6 Å². The van der Waals surface area contributed by atoms with Crippen LogP contribution in [-0.4, -0.2) is 35.1 Å². The summed E-state index contributed by atoms with van der Waals surface area (Å²) < 4.78 is 12.0. The Morgan fingerprint density at radius 1 is 1.33 bits per heavy atom. The molecule has 1 aromatic carbocycles. The summed E-state index contributed by atoms with van der Waals surface area (Å²) in [7, 11) is -0.584. The van der Waals surface area contributed by atoms with E-state index in [9.17, 15) is 9.90 Å². The van der Waals surface area contributed by atoms with Crippen LogP contribution in [0.3, 0.4) is 0 Å². The van der Waals surface area contributed by atoms with Crippen LogP contribution < -0.4 is 5.73 Å². The fourth-order valence-electron chi connectivity index (χ4n) is 2.32. The summed E-state index contributed by atoms with van der Waals surface area (Å²) in [4.78, 5) is 11.3. The van der Waals surface area contributed by atoms with E-state index in [1.165, 1.54) is 6.07 Å². The lowest BCUT2D eigenvalue weighted by atomic mass is 9.78. The first-order valence-corrected chi connectivity index (χ1v) is 8.49. The maximum atomic E-state index is 11.3.